The van der Waals surface area contributed by atoms with Crippen molar-refractivity contribution in [3.63, 3.8) is 0 Å². The average Bonchev–Trinajstić information content (AvgIpc) is 2.83. The van der Waals surface area contributed by atoms with E-state index in [0.717, 1.165) is 36.8 Å². The summed E-state index contributed by atoms with van der Waals surface area (Å²) in [6.07, 6.45) is 3.25. The lowest BCUT2D eigenvalue weighted by Crippen LogP contribution is -2.47. The van der Waals surface area contributed by atoms with E-state index in [2.05, 4.69) is 30.3 Å². The van der Waals surface area contributed by atoms with Crippen LogP contribution in [0.4, 0.5) is 0 Å². The highest BCUT2D eigenvalue weighted by Gasteiger charge is 2.31. The molecule has 0 N–H and O–H groups in total. The van der Waals surface area contributed by atoms with E-state index in [0.29, 0.717) is 39.4 Å². The molecule has 0 aromatic heterocycles. The van der Waals surface area contributed by atoms with Gasteiger partial charge in [0.2, 0.25) is 5.91 Å². The van der Waals surface area contributed by atoms with E-state index in [1.807, 2.05) is 34.1 Å². The smallest absolute Gasteiger partial charge is 0.254 e. The number of rotatable bonds is 5. The predicted molar refractivity (Wildman–Crippen MR) is 116 cm³/mol. The minimum Gasteiger partial charge on any atom is -0.378 e. The fourth-order valence-electron chi connectivity index (χ4n) is 4.41. The summed E-state index contributed by atoms with van der Waals surface area (Å²) in [5.74, 6) is 0.352. The Labute approximate surface area is 178 Å². The maximum absolute atomic E-state index is 13.2. The summed E-state index contributed by atoms with van der Waals surface area (Å²) < 4.78 is 5.35. The van der Waals surface area contributed by atoms with Crippen LogP contribution in [0.3, 0.4) is 0 Å². The van der Waals surface area contributed by atoms with Crippen LogP contribution in [-0.4, -0.2) is 61.0 Å². The zero-order chi connectivity index (χ0) is 20.8. The van der Waals surface area contributed by atoms with Gasteiger partial charge >= 0.3 is 0 Å². The van der Waals surface area contributed by atoms with Crippen molar-refractivity contribution in [2.24, 2.45) is 5.92 Å². The molecule has 2 aliphatic heterocycles. The second-order valence-corrected chi connectivity index (χ2v) is 8.15. The molecule has 2 saturated heterocycles. The van der Waals surface area contributed by atoms with E-state index < -0.39 is 0 Å². The van der Waals surface area contributed by atoms with E-state index in [-0.39, 0.29) is 17.7 Å². The molecule has 2 aromatic carbocycles. The van der Waals surface area contributed by atoms with Crippen LogP contribution < -0.4 is 0 Å². The monoisotopic (exact) mass is 406 g/mol. The van der Waals surface area contributed by atoms with Crippen molar-refractivity contribution in [2.45, 2.75) is 25.7 Å². The number of nitrogens with zero attached hydrogens (tertiary/aromatic N) is 2. The van der Waals surface area contributed by atoms with Gasteiger partial charge in [0, 0.05) is 37.7 Å². The SMILES string of the molecule is O=C(c1ccccc1CCc1ccccc1)N1CCC(C(=O)N2CCOCC2)CC1. The van der Waals surface area contributed by atoms with Crippen LogP contribution in [0.5, 0.6) is 0 Å². The first-order chi connectivity index (χ1) is 14.7. The minimum absolute atomic E-state index is 0.0282. The number of aryl methyl sites for hydroxylation is 2. The molecule has 2 aliphatic rings. The van der Waals surface area contributed by atoms with Gasteiger partial charge in [0.05, 0.1) is 13.2 Å². The van der Waals surface area contributed by atoms with E-state index in [1.54, 1.807) is 0 Å². The summed E-state index contributed by atoms with van der Waals surface area (Å²) >= 11 is 0. The van der Waals surface area contributed by atoms with Gasteiger partial charge in [-0.3, -0.25) is 9.59 Å². The number of amides is 2. The Hall–Kier alpha value is -2.66. The third-order valence-electron chi connectivity index (χ3n) is 6.23. The van der Waals surface area contributed by atoms with Gasteiger partial charge in [0.15, 0.2) is 0 Å². The Morgan fingerprint density at radius 3 is 2.20 bits per heavy atom. The van der Waals surface area contributed by atoms with Gasteiger partial charge in [-0.25, -0.2) is 0 Å². The molecule has 4 rings (SSSR count). The van der Waals surface area contributed by atoms with E-state index >= 15 is 0 Å². The Morgan fingerprint density at radius 1 is 0.800 bits per heavy atom. The number of hydrogen-bond acceptors (Lipinski definition) is 3. The standard InChI is InChI=1S/C25H30N2O3/c28-24(27-16-18-30-19-17-27)22-12-14-26(15-13-22)25(29)23-9-5-4-8-21(23)11-10-20-6-2-1-3-7-20/h1-9,22H,10-19H2. The fourth-order valence-corrected chi connectivity index (χ4v) is 4.41. The summed E-state index contributed by atoms with van der Waals surface area (Å²) in [7, 11) is 0. The lowest BCUT2D eigenvalue weighted by molar-refractivity contribution is -0.141. The molecule has 0 spiro atoms. The summed E-state index contributed by atoms with van der Waals surface area (Å²) in [6.45, 7) is 3.92. The Morgan fingerprint density at radius 2 is 1.47 bits per heavy atom. The summed E-state index contributed by atoms with van der Waals surface area (Å²) in [4.78, 5) is 29.8. The molecule has 5 heteroatoms. The maximum Gasteiger partial charge on any atom is 0.254 e. The van der Waals surface area contributed by atoms with Crippen molar-refractivity contribution < 1.29 is 14.3 Å². The number of likely N-dealkylation sites (tertiary alicyclic amines) is 1. The first-order valence-corrected chi connectivity index (χ1v) is 11.0. The number of carbonyl (C=O) groups excluding carboxylic acids is 2. The highest BCUT2D eigenvalue weighted by atomic mass is 16.5. The fraction of sp³-hybridized carbons (Fsp3) is 0.440. The molecule has 2 amide bonds. The first-order valence-electron chi connectivity index (χ1n) is 11.0. The summed E-state index contributed by atoms with van der Waals surface area (Å²) in [5, 5.41) is 0. The zero-order valence-corrected chi connectivity index (χ0v) is 17.5. The van der Waals surface area contributed by atoms with Crippen LogP contribution in [-0.2, 0) is 22.4 Å². The van der Waals surface area contributed by atoms with E-state index in [1.165, 1.54) is 5.56 Å². The van der Waals surface area contributed by atoms with Crippen LogP contribution >= 0.6 is 0 Å². The van der Waals surface area contributed by atoms with Crippen molar-refractivity contribution in [3.05, 3.63) is 71.3 Å². The molecule has 0 atom stereocenters. The van der Waals surface area contributed by atoms with Gasteiger partial charge in [-0.1, -0.05) is 48.5 Å². The predicted octanol–water partition coefficient (Wildman–Crippen LogP) is 3.18. The van der Waals surface area contributed by atoms with Gasteiger partial charge in [-0.15, -0.1) is 0 Å². The highest BCUT2D eigenvalue weighted by Crippen LogP contribution is 2.23. The van der Waals surface area contributed by atoms with Gasteiger partial charge in [-0.05, 0) is 42.9 Å². The van der Waals surface area contributed by atoms with Crippen molar-refractivity contribution >= 4 is 11.8 Å². The lowest BCUT2D eigenvalue weighted by Gasteiger charge is -2.35. The second-order valence-electron chi connectivity index (χ2n) is 8.15. The van der Waals surface area contributed by atoms with Crippen LogP contribution in [0, 0.1) is 5.92 Å². The normalized spacial score (nSPS) is 17.7. The first kappa shape index (κ1) is 20.6. The Balaban J connectivity index is 1.35. The van der Waals surface area contributed by atoms with Gasteiger partial charge < -0.3 is 14.5 Å². The van der Waals surface area contributed by atoms with Gasteiger partial charge in [0.1, 0.15) is 0 Å². The molecule has 2 heterocycles. The number of ether oxygens (including phenoxy) is 1. The van der Waals surface area contributed by atoms with E-state index in [4.69, 9.17) is 4.74 Å². The second kappa shape index (κ2) is 9.90. The van der Waals surface area contributed by atoms with Crippen molar-refractivity contribution in [3.8, 4) is 0 Å². The molecule has 0 saturated carbocycles. The molecule has 30 heavy (non-hydrogen) atoms. The lowest BCUT2D eigenvalue weighted by atomic mass is 9.93. The number of carbonyl (C=O) groups is 2. The number of benzene rings is 2. The molecule has 0 aliphatic carbocycles. The molecule has 158 valence electrons. The Bertz CT molecular complexity index is 854. The zero-order valence-electron chi connectivity index (χ0n) is 17.5. The van der Waals surface area contributed by atoms with Crippen LogP contribution in [0.25, 0.3) is 0 Å². The number of morpholine rings is 1. The third kappa shape index (κ3) is 4.90. The van der Waals surface area contributed by atoms with Gasteiger partial charge in [-0.2, -0.15) is 0 Å². The number of piperidine rings is 1. The summed E-state index contributed by atoms with van der Waals surface area (Å²) in [6, 6.07) is 18.3. The average molecular weight is 407 g/mol. The highest BCUT2D eigenvalue weighted by molar-refractivity contribution is 5.96. The molecule has 0 bridgehead atoms. The molecule has 2 fully saturated rings. The van der Waals surface area contributed by atoms with Crippen LogP contribution in [0.2, 0.25) is 0 Å². The van der Waals surface area contributed by atoms with Crippen molar-refractivity contribution in [2.75, 3.05) is 39.4 Å². The Kier molecular flexibility index (Phi) is 6.80. The molecule has 0 unspecified atom stereocenters. The minimum atomic E-state index is 0.0282. The van der Waals surface area contributed by atoms with E-state index in [9.17, 15) is 9.59 Å². The third-order valence-corrected chi connectivity index (χ3v) is 6.23. The van der Waals surface area contributed by atoms with Crippen LogP contribution in [0.15, 0.2) is 54.6 Å². The van der Waals surface area contributed by atoms with Crippen molar-refractivity contribution in [1.82, 2.24) is 9.80 Å². The molecular formula is C25H30N2O3. The molecule has 0 radical (unpaired) electrons. The van der Waals surface area contributed by atoms with Crippen molar-refractivity contribution in [1.29, 1.82) is 0 Å². The largest absolute Gasteiger partial charge is 0.378 e. The maximum atomic E-state index is 13.2. The number of hydrogen-bond donors (Lipinski definition) is 0. The molecule has 2 aromatic rings. The van der Waals surface area contributed by atoms with Crippen LogP contribution in [0.1, 0.15) is 34.3 Å². The topological polar surface area (TPSA) is 49.9 Å². The summed E-state index contributed by atoms with van der Waals surface area (Å²) in [5.41, 5.74) is 3.17. The quantitative estimate of drug-likeness (QED) is 0.766. The molecule has 5 nitrogen and oxygen atoms in total. The molecular weight excluding hydrogens is 376 g/mol. The van der Waals surface area contributed by atoms with Gasteiger partial charge in [0.25, 0.3) is 5.91 Å².